The molecular formula is C15H20N2O5. The van der Waals surface area contributed by atoms with Crippen molar-refractivity contribution in [3.8, 4) is 0 Å². The average molecular weight is 308 g/mol. The molecule has 1 aliphatic rings. The molecule has 2 rings (SSSR count). The quantitative estimate of drug-likeness (QED) is 0.339. The van der Waals surface area contributed by atoms with Crippen molar-refractivity contribution in [2.24, 2.45) is 0 Å². The standard InChI is InChI=1S/C8H10O.C7H10N2O4/c1-9-7-8-5-3-2-4-6-8;10-4-8-3-1-2-5-6(11)13-7(12)9-5/h2-6H,7H2,1H3;4-5H,1-3H2,(H,8,10)(H,9,12). The minimum Gasteiger partial charge on any atom is -0.380 e. The number of nitrogens with one attached hydrogen (secondary N) is 2. The fourth-order valence-corrected chi connectivity index (χ4v) is 1.79. The summed E-state index contributed by atoms with van der Waals surface area (Å²) in [7, 11) is 1.70. The van der Waals surface area contributed by atoms with Crippen LogP contribution in [0.2, 0.25) is 0 Å². The maximum absolute atomic E-state index is 10.9. The second kappa shape index (κ2) is 10.3. The zero-order valence-corrected chi connectivity index (χ0v) is 12.4. The van der Waals surface area contributed by atoms with Crippen LogP contribution in [0.5, 0.6) is 0 Å². The van der Waals surface area contributed by atoms with Crippen molar-refractivity contribution in [3.05, 3.63) is 35.9 Å². The molecule has 7 heteroatoms. The molecule has 1 saturated heterocycles. The Morgan fingerprint density at radius 2 is 2.05 bits per heavy atom. The van der Waals surface area contributed by atoms with Crippen molar-refractivity contribution in [3.63, 3.8) is 0 Å². The van der Waals surface area contributed by atoms with E-state index in [1.807, 2.05) is 30.3 Å². The second-order valence-corrected chi connectivity index (χ2v) is 4.54. The molecule has 22 heavy (non-hydrogen) atoms. The van der Waals surface area contributed by atoms with Crippen LogP contribution >= 0.6 is 0 Å². The molecule has 0 spiro atoms. The molecule has 2 N–H and O–H groups in total. The summed E-state index contributed by atoms with van der Waals surface area (Å²) < 4.78 is 9.18. The monoisotopic (exact) mass is 308 g/mol. The van der Waals surface area contributed by atoms with Gasteiger partial charge in [0.15, 0.2) is 0 Å². The molecule has 1 aliphatic heterocycles. The third-order valence-electron chi connectivity index (χ3n) is 2.82. The van der Waals surface area contributed by atoms with Crippen LogP contribution in [0.25, 0.3) is 0 Å². The number of methoxy groups -OCH3 is 1. The predicted octanol–water partition coefficient (Wildman–Crippen LogP) is 0.981. The van der Waals surface area contributed by atoms with Gasteiger partial charge in [0, 0.05) is 13.7 Å². The summed E-state index contributed by atoms with van der Waals surface area (Å²) in [6, 6.07) is 9.55. The van der Waals surface area contributed by atoms with Gasteiger partial charge < -0.3 is 20.1 Å². The molecular weight excluding hydrogens is 288 g/mol. The van der Waals surface area contributed by atoms with Gasteiger partial charge in [-0.2, -0.15) is 0 Å². The predicted molar refractivity (Wildman–Crippen MR) is 78.9 cm³/mol. The van der Waals surface area contributed by atoms with Gasteiger partial charge in [-0.25, -0.2) is 9.59 Å². The number of rotatable bonds is 7. The van der Waals surface area contributed by atoms with E-state index < -0.39 is 18.1 Å². The summed E-state index contributed by atoms with van der Waals surface area (Å²) in [6.45, 7) is 1.20. The smallest absolute Gasteiger partial charge is 0.380 e. The Labute approximate surface area is 129 Å². The first-order valence-electron chi connectivity index (χ1n) is 6.89. The molecule has 1 aromatic rings. The maximum atomic E-state index is 10.9. The van der Waals surface area contributed by atoms with Gasteiger partial charge >= 0.3 is 12.1 Å². The number of cyclic esters (lactones) is 2. The van der Waals surface area contributed by atoms with Crippen molar-refractivity contribution in [2.75, 3.05) is 13.7 Å². The minimum absolute atomic E-state index is 0.478. The second-order valence-electron chi connectivity index (χ2n) is 4.54. The highest BCUT2D eigenvalue weighted by Gasteiger charge is 2.31. The lowest BCUT2D eigenvalue weighted by atomic mass is 10.2. The van der Waals surface area contributed by atoms with Crippen molar-refractivity contribution in [2.45, 2.75) is 25.5 Å². The van der Waals surface area contributed by atoms with E-state index in [4.69, 9.17) is 4.74 Å². The third kappa shape index (κ3) is 6.85. The first-order valence-corrected chi connectivity index (χ1v) is 6.89. The van der Waals surface area contributed by atoms with E-state index in [2.05, 4.69) is 15.4 Å². The zero-order valence-electron chi connectivity index (χ0n) is 12.4. The summed E-state index contributed by atoms with van der Waals surface area (Å²) in [6.07, 6.45) is 0.994. The van der Waals surface area contributed by atoms with Gasteiger partial charge in [-0.1, -0.05) is 30.3 Å². The van der Waals surface area contributed by atoms with E-state index >= 15 is 0 Å². The minimum atomic E-state index is -0.696. The van der Waals surface area contributed by atoms with Crippen LogP contribution in [-0.2, 0) is 25.7 Å². The lowest BCUT2D eigenvalue weighted by Gasteiger charge is -2.03. The molecule has 2 amide bonds. The SMILES string of the molecule is COCc1ccccc1.O=CNCCCC1NC(=O)OC1=O. The average Bonchev–Trinajstić information content (AvgIpc) is 2.84. The van der Waals surface area contributed by atoms with E-state index in [9.17, 15) is 14.4 Å². The highest BCUT2D eigenvalue weighted by molar-refractivity contribution is 5.95. The molecule has 1 atom stereocenters. The van der Waals surface area contributed by atoms with Crippen LogP contribution in [0.3, 0.4) is 0 Å². The van der Waals surface area contributed by atoms with Gasteiger partial charge in [-0.05, 0) is 18.4 Å². The van der Waals surface area contributed by atoms with Crippen LogP contribution in [0.1, 0.15) is 18.4 Å². The Morgan fingerprint density at radius 1 is 1.32 bits per heavy atom. The fourth-order valence-electron chi connectivity index (χ4n) is 1.79. The van der Waals surface area contributed by atoms with Gasteiger partial charge in [-0.3, -0.25) is 4.79 Å². The molecule has 0 saturated carbocycles. The molecule has 7 nitrogen and oxygen atoms in total. The number of alkyl carbamates (subject to hydrolysis) is 1. The summed E-state index contributed by atoms with van der Waals surface area (Å²) in [5.41, 5.74) is 1.22. The van der Waals surface area contributed by atoms with E-state index in [1.165, 1.54) is 5.56 Å². The lowest BCUT2D eigenvalue weighted by Crippen LogP contribution is -2.29. The number of amides is 2. The Kier molecular flexibility index (Phi) is 8.29. The van der Waals surface area contributed by atoms with Crippen LogP contribution in [0.15, 0.2) is 30.3 Å². The van der Waals surface area contributed by atoms with Crippen molar-refractivity contribution in [1.29, 1.82) is 0 Å². The van der Waals surface area contributed by atoms with E-state index in [0.29, 0.717) is 32.4 Å². The number of ether oxygens (including phenoxy) is 2. The molecule has 120 valence electrons. The van der Waals surface area contributed by atoms with Gasteiger partial charge in [0.1, 0.15) is 6.04 Å². The highest BCUT2D eigenvalue weighted by atomic mass is 16.6. The maximum Gasteiger partial charge on any atom is 0.415 e. The first kappa shape index (κ1) is 17.6. The summed E-state index contributed by atoms with van der Waals surface area (Å²) in [5.74, 6) is -0.545. The Morgan fingerprint density at radius 3 is 2.59 bits per heavy atom. The third-order valence-corrected chi connectivity index (χ3v) is 2.82. The number of esters is 1. The molecule has 0 aromatic heterocycles. The molecule has 1 aromatic carbocycles. The van der Waals surface area contributed by atoms with E-state index in [0.717, 1.165) is 0 Å². The summed E-state index contributed by atoms with van der Waals surface area (Å²) in [4.78, 5) is 31.2. The summed E-state index contributed by atoms with van der Waals surface area (Å²) in [5, 5.41) is 4.81. The number of carbonyl (C=O) groups is 3. The van der Waals surface area contributed by atoms with Crippen LogP contribution < -0.4 is 10.6 Å². The fraction of sp³-hybridized carbons (Fsp3) is 0.400. The Hall–Kier alpha value is -2.41. The van der Waals surface area contributed by atoms with Gasteiger partial charge in [-0.15, -0.1) is 0 Å². The number of hydrogen-bond acceptors (Lipinski definition) is 5. The molecule has 0 bridgehead atoms. The molecule has 0 aliphatic carbocycles. The number of carbonyl (C=O) groups excluding carboxylic acids is 3. The van der Waals surface area contributed by atoms with Gasteiger partial charge in [0.25, 0.3) is 0 Å². The Bertz CT molecular complexity index is 478. The summed E-state index contributed by atoms with van der Waals surface area (Å²) >= 11 is 0. The Balaban J connectivity index is 0.000000235. The topological polar surface area (TPSA) is 93.7 Å². The highest BCUT2D eigenvalue weighted by Crippen LogP contribution is 2.05. The van der Waals surface area contributed by atoms with Crippen molar-refractivity contribution >= 4 is 18.5 Å². The van der Waals surface area contributed by atoms with Crippen LogP contribution in [-0.4, -0.2) is 38.2 Å². The van der Waals surface area contributed by atoms with Crippen LogP contribution in [0, 0.1) is 0 Å². The van der Waals surface area contributed by atoms with E-state index in [1.54, 1.807) is 7.11 Å². The van der Waals surface area contributed by atoms with Gasteiger partial charge in [0.05, 0.1) is 6.61 Å². The van der Waals surface area contributed by atoms with Crippen molar-refractivity contribution in [1.82, 2.24) is 10.6 Å². The molecule has 0 radical (unpaired) electrons. The first-order chi connectivity index (χ1) is 10.7. The number of hydrogen-bond donors (Lipinski definition) is 2. The normalized spacial score (nSPS) is 16.1. The number of benzene rings is 1. The molecule has 1 unspecified atom stereocenters. The molecule has 1 fully saturated rings. The molecule has 1 heterocycles. The zero-order chi connectivity index (χ0) is 16.2. The lowest BCUT2D eigenvalue weighted by molar-refractivity contribution is -0.135. The van der Waals surface area contributed by atoms with Crippen LogP contribution in [0.4, 0.5) is 4.79 Å². The van der Waals surface area contributed by atoms with Gasteiger partial charge in [0.2, 0.25) is 6.41 Å². The van der Waals surface area contributed by atoms with E-state index in [-0.39, 0.29) is 0 Å². The largest absolute Gasteiger partial charge is 0.415 e. The van der Waals surface area contributed by atoms with Crippen molar-refractivity contribution < 1.29 is 23.9 Å².